The van der Waals surface area contributed by atoms with E-state index in [1.54, 1.807) is 30.9 Å². The Bertz CT molecular complexity index is 897. The van der Waals surface area contributed by atoms with Crippen LogP contribution in [0.25, 0.3) is 0 Å². The van der Waals surface area contributed by atoms with Crippen molar-refractivity contribution in [1.82, 2.24) is 24.7 Å². The Morgan fingerprint density at radius 3 is 2.79 bits per heavy atom. The number of carbonyl (C=O) groups excluding carboxylic acids is 1. The molecule has 4 heterocycles. The van der Waals surface area contributed by atoms with E-state index in [1.165, 1.54) is 5.56 Å². The van der Waals surface area contributed by atoms with E-state index >= 15 is 0 Å². The summed E-state index contributed by atoms with van der Waals surface area (Å²) in [5.41, 5.74) is 1.21. The molecule has 0 radical (unpaired) electrons. The van der Waals surface area contributed by atoms with Gasteiger partial charge in [-0.1, -0.05) is 0 Å². The Hall–Kier alpha value is -3.29. The molecule has 0 saturated carbocycles. The number of piperidine rings is 1. The molecule has 1 amide bonds. The van der Waals surface area contributed by atoms with Crippen molar-refractivity contribution >= 4 is 17.7 Å². The molecule has 144 valence electrons. The molecule has 0 bridgehead atoms. The molecule has 3 aromatic heterocycles. The second-order valence-corrected chi connectivity index (χ2v) is 6.89. The molecule has 4 rings (SSSR count). The van der Waals surface area contributed by atoms with Crippen molar-refractivity contribution in [3.8, 4) is 0 Å². The van der Waals surface area contributed by atoms with E-state index in [9.17, 15) is 4.79 Å². The van der Waals surface area contributed by atoms with Gasteiger partial charge in [0.1, 0.15) is 0 Å². The summed E-state index contributed by atoms with van der Waals surface area (Å²) in [4.78, 5) is 27.4. The molecular formula is C20H23N7O. The fraction of sp³-hybridized carbons (Fsp3) is 0.350. The zero-order chi connectivity index (χ0) is 19.2. The lowest BCUT2D eigenvalue weighted by molar-refractivity contribution is -0.120. The maximum atomic E-state index is 12.7. The predicted octanol–water partition coefficient (Wildman–Crippen LogP) is 2.17. The first kappa shape index (κ1) is 18.1. The summed E-state index contributed by atoms with van der Waals surface area (Å²) in [5.74, 6) is 1.17. The lowest BCUT2D eigenvalue weighted by atomic mass is 9.97. The lowest BCUT2D eigenvalue weighted by Crippen LogP contribution is -2.41. The van der Waals surface area contributed by atoms with E-state index in [2.05, 4.69) is 30.3 Å². The molecule has 0 unspecified atom stereocenters. The zero-order valence-corrected chi connectivity index (χ0v) is 15.6. The van der Waals surface area contributed by atoms with Crippen molar-refractivity contribution in [3.63, 3.8) is 0 Å². The average Bonchev–Trinajstić information content (AvgIpc) is 3.21. The number of nitrogens with one attached hydrogen (secondary N) is 1. The maximum absolute atomic E-state index is 12.7. The topological polar surface area (TPSA) is 88.8 Å². The van der Waals surface area contributed by atoms with Crippen LogP contribution in [0.15, 0.2) is 55.2 Å². The molecule has 8 heteroatoms. The lowest BCUT2D eigenvalue weighted by Gasteiger charge is -2.31. The molecule has 1 saturated heterocycles. The summed E-state index contributed by atoms with van der Waals surface area (Å²) in [5, 5.41) is 7.42. The highest BCUT2D eigenvalue weighted by Gasteiger charge is 2.27. The number of pyridine rings is 1. The van der Waals surface area contributed by atoms with Crippen LogP contribution in [0.5, 0.6) is 0 Å². The third-order valence-corrected chi connectivity index (χ3v) is 4.90. The summed E-state index contributed by atoms with van der Waals surface area (Å²) >= 11 is 0. The first-order chi connectivity index (χ1) is 13.8. The highest BCUT2D eigenvalue weighted by Crippen LogP contribution is 2.21. The Morgan fingerprint density at radius 1 is 1.14 bits per heavy atom. The maximum Gasteiger partial charge on any atom is 0.230 e. The van der Waals surface area contributed by atoms with Crippen molar-refractivity contribution in [2.75, 3.05) is 23.3 Å². The summed E-state index contributed by atoms with van der Waals surface area (Å²) in [6.45, 7) is 2.25. The summed E-state index contributed by atoms with van der Waals surface area (Å²) in [6, 6.07) is 7.63. The molecule has 3 aromatic rings. The SMILES string of the molecule is O=C(Nc1ccn(CCc2ccncc2)n1)[C@@H]1CCCN(c2ncccn2)C1. The quantitative estimate of drug-likeness (QED) is 0.708. The molecule has 1 aliphatic heterocycles. The minimum atomic E-state index is -0.0977. The normalized spacial score (nSPS) is 16.7. The highest BCUT2D eigenvalue weighted by molar-refractivity contribution is 5.92. The standard InChI is InChI=1S/C20H23N7O/c28-19(17-3-1-12-26(15-17)20-22-8-2-9-23-20)24-18-7-14-27(25-18)13-6-16-4-10-21-11-5-16/h2,4-5,7-11,14,17H,1,3,6,12-13,15H2,(H,24,25,28)/t17-/m1/s1. The van der Waals surface area contributed by atoms with Gasteiger partial charge in [-0.25, -0.2) is 9.97 Å². The Labute approximate surface area is 163 Å². The Balaban J connectivity index is 1.31. The minimum absolute atomic E-state index is 0.0000138. The zero-order valence-electron chi connectivity index (χ0n) is 15.6. The molecule has 1 aliphatic rings. The largest absolute Gasteiger partial charge is 0.340 e. The predicted molar refractivity (Wildman–Crippen MR) is 106 cm³/mol. The number of aryl methyl sites for hydroxylation is 2. The van der Waals surface area contributed by atoms with E-state index in [1.807, 2.05) is 29.1 Å². The van der Waals surface area contributed by atoms with E-state index in [0.29, 0.717) is 18.3 Å². The average molecular weight is 377 g/mol. The fourth-order valence-corrected chi connectivity index (χ4v) is 3.40. The minimum Gasteiger partial charge on any atom is -0.340 e. The molecule has 0 aliphatic carbocycles. The summed E-state index contributed by atoms with van der Waals surface area (Å²) in [7, 11) is 0. The monoisotopic (exact) mass is 377 g/mol. The number of hydrogen-bond acceptors (Lipinski definition) is 6. The van der Waals surface area contributed by atoms with Crippen LogP contribution in [-0.4, -0.2) is 43.7 Å². The van der Waals surface area contributed by atoms with Crippen LogP contribution in [0, 0.1) is 5.92 Å². The fourth-order valence-electron chi connectivity index (χ4n) is 3.40. The number of carbonyl (C=O) groups is 1. The van der Waals surface area contributed by atoms with Gasteiger partial charge in [0.25, 0.3) is 0 Å². The number of amides is 1. The highest BCUT2D eigenvalue weighted by atomic mass is 16.2. The van der Waals surface area contributed by atoms with Crippen molar-refractivity contribution < 1.29 is 4.79 Å². The number of aromatic nitrogens is 5. The van der Waals surface area contributed by atoms with Gasteiger partial charge < -0.3 is 10.2 Å². The van der Waals surface area contributed by atoms with Crippen LogP contribution in [0.2, 0.25) is 0 Å². The van der Waals surface area contributed by atoms with Gasteiger partial charge in [-0.3, -0.25) is 14.5 Å². The van der Waals surface area contributed by atoms with E-state index in [0.717, 1.165) is 32.4 Å². The molecule has 1 atom stereocenters. The molecular weight excluding hydrogens is 354 g/mol. The van der Waals surface area contributed by atoms with Gasteiger partial charge in [-0.05, 0) is 43.0 Å². The van der Waals surface area contributed by atoms with E-state index in [4.69, 9.17) is 0 Å². The smallest absolute Gasteiger partial charge is 0.230 e. The Kier molecular flexibility index (Phi) is 5.56. The van der Waals surface area contributed by atoms with Gasteiger partial charge >= 0.3 is 0 Å². The number of rotatable bonds is 6. The first-order valence-electron chi connectivity index (χ1n) is 9.53. The van der Waals surface area contributed by atoms with Crippen LogP contribution >= 0.6 is 0 Å². The van der Waals surface area contributed by atoms with Crippen LogP contribution in [0.3, 0.4) is 0 Å². The number of anilines is 2. The van der Waals surface area contributed by atoms with Gasteiger partial charge in [0, 0.05) is 56.7 Å². The Morgan fingerprint density at radius 2 is 1.96 bits per heavy atom. The van der Waals surface area contributed by atoms with Crippen LogP contribution in [-0.2, 0) is 17.8 Å². The van der Waals surface area contributed by atoms with E-state index < -0.39 is 0 Å². The van der Waals surface area contributed by atoms with Gasteiger partial charge in [0.05, 0.1) is 5.92 Å². The molecule has 0 aromatic carbocycles. The van der Waals surface area contributed by atoms with Gasteiger partial charge in [-0.2, -0.15) is 5.10 Å². The van der Waals surface area contributed by atoms with Crippen molar-refractivity contribution in [1.29, 1.82) is 0 Å². The van der Waals surface area contributed by atoms with Crippen molar-refractivity contribution in [2.24, 2.45) is 5.92 Å². The first-order valence-corrected chi connectivity index (χ1v) is 9.53. The van der Waals surface area contributed by atoms with Crippen LogP contribution < -0.4 is 10.2 Å². The van der Waals surface area contributed by atoms with E-state index in [-0.39, 0.29) is 11.8 Å². The van der Waals surface area contributed by atoms with Crippen LogP contribution in [0.4, 0.5) is 11.8 Å². The molecule has 8 nitrogen and oxygen atoms in total. The third-order valence-electron chi connectivity index (χ3n) is 4.90. The van der Waals surface area contributed by atoms with Gasteiger partial charge in [-0.15, -0.1) is 0 Å². The number of hydrogen-bond donors (Lipinski definition) is 1. The summed E-state index contributed by atoms with van der Waals surface area (Å²) in [6.07, 6.45) is 11.6. The second-order valence-electron chi connectivity index (χ2n) is 6.89. The van der Waals surface area contributed by atoms with Crippen molar-refractivity contribution in [3.05, 3.63) is 60.8 Å². The third kappa shape index (κ3) is 4.51. The molecule has 1 fully saturated rings. The van der Waals surface area contributed by atoms with Gasteiger partial charge in [0.2, 0.25) is 11.9 Å². The second kappa shape index (κ2) is 8.60. The number of nitrogens with zero attached hydrogens (tertiary/aromatic N) is 6. The molecule has 0 spiro atoms. The van der Waals surface area contributed by atoms with Crippen LogP contribution in [0.1, 0.15) is 18.4 Å². The molecule has 28 heavy (non-hydrogen) atoms. The molecule has 1 N–H and O–H groups in total. The van der Waals surface area contributed by atoms with Gasteiger partial charge in [0.15, 0.2) is 5.82 Å². The summed E-state index contributed by atoms with van der Waals surface area (Å²) < 4.78 is 1.85. The van der Waals surface area contributed by atoms with Crippen molar-refractivity contribution in [2.45, 2.75) is 25.8 Å².